The highest BCUT2D eigenvalue weighted by Gasteiger charge is 2.08. The molecule has 0 radical (unpaired) electrons. The van der Waals surface area contributed by atoms with Crippen LogP contribution < -0.4 is 5.32 Å². The van der Waals surface area contributed by atoms with E-state index in [2.05, 4.69) is 78.2 Å². The molecule has 0 fully saturated rings. The number of aliphatic imine (C=N–C) groups is 2. The van der Waals surface area contributed by atoms with Crippen molar-refractivity contribution in [2.75, 3.05) is 18.9 Å². The quantitative estimate of drug-likeness (QED) is 0.253. The Kier molecular flexibility index (Phi) is 9.12. The Morgan fingerprint density at radius 3 is 2.29 bits per heavy atom. The lowest BCUT2D eigenvalue weighted by Gasteiger charge is -2.10. The fraction of sp³-hybridized carbons (Fsp3) is 0.0968. The number of nitrogens with one attached hydrogen (secondary N) is 1. The molecule has 0 amide bonds. The van der Waals surface area contributed by atoms with E-state index >= 15 is 0 Å². The largest absolute Gasteiger partial charge is 0.388 e. The Hall–Kier alpha value is -4.24. The molecule has 3 rings (SSSR count). The molecule has 3 nitrogen and oxygen atoms in total. The minimum absolute atomic E-state index is 0.530. The van der Waals surface area contributed by atoms with Crippen molar-refractivity contribution in [3.8, 4) is 11.1 Å². The van der Waals surface area contributed by atoms with Crippen LogP contribution in [0.2, 0.25) is 0 Å². The van der Waals surface area contributed by atoms with E-state index in [-0.39, 0.29) is 0 Å². The topological polar surface area (TPSA) is 36.8 Å². The third kappa shape index (κ3) is 6.63. The molecule has 0 aromatic heterocycles. The van der Waals surface area contributed by atoms with Crippen molar-refractivity contribution in [2.24, 2.45) is 9.98 Å². The number of hydrogen-bond donors (Lipinski definition) is 1. The van der Waals surface area contributed by atoms with Gasteiger partial charge in [-0.3, -0.25) is 9.98 Å². The van der Waals surface area contributed by atoms with E-state index in [0.717, 1.165) is 44.9 Å². The van der Waals surface area contributed by atoms with Crippen LogP contribution in [0.25, 0.3) is 16.8 Å². The van der Waals surface area contributed by atoms with Crippen LogP contribution in [0.5, 0.6) is 0 Å². The number of anilines is 1. The first kappa shape index (κ1) is 24.4. The van der Waals surface area contributed by atoms with Crippen molar-refractivity contribution in [3.63, 3.8) is 0 Å². The third-order valence-electron chi connectivity index (χ3n) is 5.32. The first-order chi connectivity index (χ1) is 16.7. The van der Waals surface area contributed by atoms with Crippen LogP contribution in [-0.2, 0) is 0 Å². The highest BCUT2D eigenvalue weighted by molar-refractivity contribution is 6.13. The zero-order valence-corrected chi connectivity index (χ0v) is 19.9. The van der Waals surface area contributed by atoms with Gasteiger partial charge in [0.1, 0.15) is 0 Å². The Bertz CT molecular complexity index is 1230. The molecule has 0 bridgehead atoms. The second-order valence-corrected chi connectivity index (χ2v) is 7.64. The zero-order chi connectivity index (χ0) is 24.2. The minimum atomic E-state index is 0.530. The molecule has 170 valence electrons. The molecule has 0 saturated carbocycles. The maximum absolute atomic E-state index is 4.98. The van der Waals surface area contributed by atoms with Gasteiger partial charge in [-0.25, -0.2) is 0 Å². The van der Waals surface area contributed by atoms with E-state index in [4.69, 9.17) is 4.99 Å². The van der Waals surface area contributed by atoms with Gasteiger partial charge in [0, 0.05) is 23.9 Å². The summed E-state index contributed by atoms with van der Waals surface area (Å²) in [6.45, 7) is 10.2. The maximum atomic E-state index is 4.98. The van der Waals surface area contributed by atoms with E-state index in [9.17, 15) is 0 Å². The van der Waals surface area contributed by atoms with Gasteiger partial charge in [-0.2, -0.15) is 0 Å². The SMILES string of the molecule is C=C/C=C(\C=C/C)CN=C(/C=C(\N=C)c1ccccc1)c1cccc(-c2ccc(NC)cc2)c1. The average molecular weight is 446 g/mol. The molecule has 3 aromatic rings. The van der Waals surface area contributed by atoms with Gasteiger partial charge in [0.05, 0.1) is 18.0 Å². The number of benzene rings is 3. The monoisotopic (exact) mass is 445 g/mol. The Labute approximate surface area is 203 Å². The van der Waals surface area contributed by atoms with E-state index in [1.54, 1.807) is 6.08 Å². The minimum Gasteiger partial charge on any atom is -0.388 e. The van der Waals surface area contributed by atoms with E-state index in [1.807, 2.05) is 62.5 Å². The van der Waals surface area contributed by atoms with Crippen molar-refractivity contribution >= 4 is 23.8 Å². The summed E-state index contributed by atoms with van der Waals surface area (Å²) < 4.78 is 0. The van der Waals surface area contributed by atoms with Gasteiger partial charge < -0.3 is 5.32 Å². The third-order valence-corrected chi connectivity index (χ3v) is 5.32. The summed E-state index contributed by atoms with van der Waals surface area (Å²) in [4.78, 5) is 9.28. The second kappa shape index (κ2) is 12.7. The second-order valence-electron chi connectivity index (χ2n) is 7.64. The van der Waals surface area contributed by atoms with Crippen molar-refractivity contribution < 1.29 is 0 Å². The molecular formula is C31H31N3. The molecule has 0 aliphatic rings. The highest BCUT2D eigenvalue weighted by Crippen LogP contribution is 2.24. The Morgan fingerprint density at radius 2 is 1.65 bits per heavy atom. The normalized spacial score (nSPS) is 12.6. The van der Waals surface area contributed by atoms with Crippen molar-refractivity contribution in [3.05, 3.63) is 133 Å². The zero-order valence-electron chi connectivity index (χ0n) is 19.9. The van der Waals surface area contributed by atoms with Gasteiger partial charge in [0.2, 0.25) is 0 Å². The van der Waals surface area contributed by atoms with E-state index in [1.165, 1.54) is 0 Å². The molecule has 0 aliphatic heterocycles. The summed E-state index contributed by atoms with van der Waals surface area (Å²) in [6, 6.07) is 26.9. The molecule has 3 heteroatoms. The van der Waals surface area contributed by atoms with Gasteiger partial charge >= 0.3 is 0 Å². The van der Waals surface area contributed by atoms with Gasteiger partial charge in [0.25, 0.3) is 0 Å². The molecule has 0 spiro atoms. The highest BCUT2D eigenvalue weighted by atomic mass is 14.8. The fourth-order valence-electron chi connectivity index (χ4n) is 3.57. The van der Waals surface area contributed by atoms with Crippen LogP contribution in [-0.4, -0.2) is 26.0 Å². The molecule has 1 N–H and O–H groups in total. The van der Waals surface area contributed by atoms with Crippen LogP contribution in [0, 0.1) is 0 Å². The number of nitrogens with zero attached hydrogens (tertiary/aromatic N) is 2. The Balaban J connectivity index is 2.08. The molecule has 3 aromatic carbocycles. The lowest BCUT2D eigenvalue weighted by atomic mass is 9.99. The van der Waals surface area contributed by atoms with Crippen molar-refractivity contribution in [2.45, 2.75) is 6.92 Å². The van der Waals surface area contributed by atoms with Gasteiger partial charge in [-0.05, 0) is 54.6 Å². The van der Waals surface area contributed by atoms with Crippen LogP contribution in [0.3, 0.4) is 0 Å². The predicted molar refractivity (Wildman–Crippen MR) is 150 cm³/mol. The molecule has 0 saturated heterocycles. The molecule has 0 heterocycles. The van der Waals surface area contributed by atoms with Crippen molar-refractivity contribution in [1.29, 1.82) is 0 Å². The van der Waals surface area contributed by atoms with E-state index < -0.39 is 0 Å². The predicted octanol–water partition coefficient (Wildman–Crippen LogP) is 7.61. The van der Waals surface area contributed by atoms with Crippen LogP contribution in [0.1, 0.15) is 18.1 Å². The van der Waals surface area contributed by atoms with E-state index in [0.29, 0.717) is 6.54 Å². The standard InChI is InChI=1S/C31H31N3/c1-5-11-24(12-6-2)23-34-31(22-30(33-4)26-13-8-7-9-14-26)28-16-10-15-27(21-28)25-17-19-29(32-3)20-18-25/h5-22,32H,1,4,23H2,2-3H3/b12-6-,24-11+,30-22-,34-31?. The van der Waals surface area contributed by atoms with Gasteiger partial charge in [0.15, 0.2) is 0 Å². The lowest BCUT2D eigenvalue weighted by molar-refractivity contribution is 1.18. The summed E-state index contributed by atoms with van der Waals surface area (Å²) in [7, 11) is 1.92. The smallest absolute Gasteiger partial charge is 0.0716 e. The van der Waals surface area contributed by atoms with Gasteiger partial charge in [-0.15, -0.1) is 0 Å². The Morgan fingerprint density at radius 1 is 0.912 bits per heavy atom. The first-order valence-electron chi connectivity index (χ1n) is 11.3. The summed E-state index contributed by atoms with van der Waals surface area (Å²) in [6.07, 6.45) is 9.84. The number of rotatable bonds is 10. The molecule has 0 unspecified atom stereocenters. The van der Waals surface area contributed by atoms with Crippen LogP contribution >= 0.6 is 0 Å². The summed E-state index contributed by atoms with van der Waals surface area (Å²) in [5.41, 5.74) is 8.09. The lowest BCUT2D eigenvalue weighted by Crippen LogP contribution is -2.01. The summed E-state index contributed by atoms with van der Waals surface area (Å²) >= 11 is 0. The average Bonchev–Trinajstić information content (AvgIpc) is 2.89. The van der Waals surface area contributed by atoms with Crippen LogP contribution in [0.4, 0.5) is 5.69 Å². The summed E-state index contributed by atoms with van der Waals surface area (Å²) in [5.74, 6) is 0. The number of allylic oxidation sites excluding steroid dienone is 4. The summed E-state index contributed by atoms with van der Waals surface area (Å²) in [5, 5.41) is 3.17. The van der Waals surface area contributed by atoms with Gasteiger partial charge in [-0.1, -0.05) is 91.5 Å². The van der Waals surface area contributed by atoms with Crippen LogP contribution in [0.15, 0.2) is 131 Å². The maximum Gasteiger partial charge on any atom is 0.0716 e. The molecule has 0 atom stereocenters. The first-order valence-corrected chi connectivity index (χ1v) is 11.3. The molecule has 34 heavy (non-hydrogen) atoms. The number of hydrogen-bond acceptors (Lipinski definition) is 3. The van der Waals surface area contributed by atoms with Crippen molar-refractivity contribution in [1.82, 2.24) is 0 Å². The fourth-order valence-corrected chi connectivity index (χ4v) is 3.57. The molecule has 0 aliphatic carbocycles. The molecular weight excluding hydrogens is 414 g/mol.